The Morgan fingerprint density at radius 3 is 2.64 bits per heavy atom. The second-order valence-corrected chi connectivity index (χ2v) is 9.54. The summed E-state index contributed by atoms with van der Waals surface area (Å²) in [5.74, 6) is -0.556. The summed E-state index contributed by atoms with van der Waals surface area (Å²) in [6, 6.07) is 15.9. The van der Waals surface area contributed by atoms with Gasteiger partial charge in [0.2, 0.25) is 6.41 Å². The normalized spacial score (nSPS) is 12.8. The molecule has 3 aromatic rings. The number of hydrogen-bond acceptors (Lipinski definition) is 6. The highest BCUT2D eigenvalue weighted by Crippen LogP contribution is 2.23. The fraction of sp³-hybridized carbons (Fsp3) is 0.250. The third-order valence-corrected chi connectivity index (χ3v) is 6.82. The van der Waals surface area contributed by atoms with E-state index in [4.69, 9.17) is 4.74 Å². The molecule has 148 valence electrons. The minimum absolute atomic E-state index is 0.0903. The zero-order valence-corrected chi connectivity index (χ0v) is 16.7. The van der Waals surface area contributed by atoms with Crippen molar-refractivity contribution >= 4 is 37.7 Å². The topological polar surface area (TPSA) is 83.9 Å². The predicted octanol–water partition coefficient (Wildman–Crippen LogP) is 3.25. The molecule has 1 heterocycles. The number of thiophene rings is 1. The number of rotatable bonds is 10. The fourth-order valence-corrected chi connectivity index (χ4v) is 5.30. The summed E-state index contributed by atoms with van der Waals surface area (Å²) in [5, 5.41) is 13.1. The summed E-state index contributed by atoms with van der Waals surface area (Å²) < 4.78 is 31.9. The van der Waals surface area contributed by atoms with Crippen LogP contribution >= 0.6 is 11.3 Å². The van der Waals surface area contributed by atoms with Crippen LogP contribution in [0, 0.1) is 0 Å². The van der Waals surface area contributed by atoms with E-state index >= 15 is 0 Å². The van der Waals surface area contributed by atoms with Crippen molar-refractivity contribution in [2.45, 2.75) is 18.4 Å². The maximum Gasteiger partial charge on any atom is 0.233 e. The Bertz CT molecular complexity index is 1020. The molecule has 0 saturated heterocycles. The third kappa shape index (κ3) is 5.62. The van der Waals surface area contributed by atoms with Gasteiger partial charge in [-0.25, -0.2) is 13.5 Å². The van der Waals surface area contributed by atoms with Crippen molar-refractivity contribution in [3.05, 3.63) is 71.1 Å². The number of sulfone groups is 1. The van der Waals surface area contributed by atoms with E-state index in [-0.39, 0.29) is 25.4 Å². The van der Waals surface area contributed by atoms with Gasteiger partial charge in [0.05, 0.1) is 30.8 Å². The number of benzene rings is 2. The molecule has 6 nitrogen and oxygen atoms in total. The third-order valence-electron chi connectivity index (χ3n) is 4.25. The maximum atomic E-state index is 12.6. The predicted molar refractivity (Wildman–Crippen MR) is 109 cm³/mol. The summed E-state index contributed by atoms with van der Waals surface area (Å²) in [7, 11) is -3.57. The Balaban J connectivity index is 1.63. The molecule has 0 radical (unpaired) electrons. The van der Waals surface area contributed by atoms with Crippen molar-refractivity contribution < 1.29 is 23.2 Å². The number of hydrogen-bond donors (Lipinski definition) is 1. The summed E-state index contributed by atoms with van der Waals surface area (Å²) in [6.45, 7) is 0.172. The van der Waals surface area contributed by atoms with Gasteiger partial charge in [-0.15, -0.1) is 11.3 Å². The van der Waals surface area contributed by atoms with E-state index in [0.29, 0.717) is 10.6 Å². The number of nitrogens with zero attached hydrogens (tertiary/aromatic N) is 1. The van der Waals surface area contributed by atoms with E-state index in [9.17, 15) is 18.4 Å². The van der Waals surface area contributed by atoms with E-state index in [0.717, 1.165) is 15.6 Å². The van der Waals surface area contributed by atoms with Crippen molar-refractivity contribution in [2.24, 2.45) is 0 Å². The summed E-state index contributed by atoms with van der Waals surface area (Å²) in [5.41, 5.74) is 1.59. The van der Waals surface area contributed by atoms with E-state index in [2.05, 4.69) is 0 Å². The Kier molecular flexibility index (Phi) is 6.79. The smallest absolute Gasteiger partial charge is 0.233 e. The average molecular weight is 420 g/mol. The van der Waals surface area contributed by atoms with E-state index in [1.54, 1.807) is 17.4 Å². The highest BCUT2D eigenvalue weighted by atomic mass is 32.2. The first-order valence-electron chi connectivity index (χ1n) is 8.67. The molecule has 0 fully saturated rings. The standard InChI is InChI=1S/C20H21NO5S2/c22-15-21(23)19(12-26-11-16-4-2-1-3-5-16)14-28(24,25)13-17-6-7-20-18(10-17)8-9-27-20/h1-10,15,19,23H,11-14H2. The average Bonchev–Trinajstić information content (AvgIpc) is 3.14. The molecule has 2 aromatic carbocycles. The van der Waals surface area contributed by atoms with Gasteiger partial charge in [-0.2, -0.15) is 0 Å². The number of carbonyl (C=O) groups excluding carboxylic acids is 1. The Morgan fingerprint density at radius 1 is 1.11 bits per heavy atom. The molecule has 1 unspecified atom stereocenters. The molecular formula is C20H21NO5S2. The lowest BCUT2D eigenvalue weighted by Gasteiger charge is -2.22. The van der Waals surface area contributed by atoms with Gasteiger partial charge in [0, 0.05) is 4.70 Å². The Hall–Kier alpha value is -2.26. The molecule has 3 rings (SSSR count). The highest BCUT2D eigenvalue weighted by Gasteiger charge is 2.24. The first kappa shape index (κ1) is 20.5. The van der Waals surface area contributed by atoms with Gasteiger partial charge in [0.25, 0.3) is 0 Å². The molecule has 1 aromatic heterocycles. The van der Waals surface area contributed by atoms with Gasteiger partial charge in [0.15, 0.2) is 9.84 Å². The number of ether oxygens (including phenoxy) is 1. The molecule has 8 heteroatoms. The first-order valence-corrected chi connectivity index (χ1v) is 11.4. The summed E-state index contributed by atoms with van der Waals surface area (Å²) >= 11 is 1.59. The molecule has 1 amide bonds. The van der Waals surface area contributed by atoms with Crippen LogP contribution in [-0.4, -0.2) is 43.5 Å². The number of amides is 1. The van der Waals surface area contributed by atoms with Crippen LogP contribution in [0.3, 0.4) is 0 Å². The van der Waals surface area contributed by atoms with Crippen molar-refractivity contribution in [3.63, 3.8) is 0 Å². The number of hydroxylamine groups is 2. The quantitative estimate of drug-likeness (QED) is 0.310. The van der Waals surface area contributed by atoms with Gasteiger partial charge < -0.3 is 4.74 Å². The monoisotopic (exact) mass is 419 g/mol. The number of fused-ring (bicyclic) bond motifs is 1. The van der Waals surface area contributed by atoms with Crippen LogP contribution < -0.4 is 0 Å². The van der Waals surface area contributed by atoms with Crippen LogP contribution in [0.2, 0.25) is 0 Å². The largest absolute Gasteiger partial charge is 0.374 e. The van der Waals surface area contributed by atoms with E-state index < -0.39 is 21.6 Å². The molecule has 28 heavy (non-hydrogen) atoms. The summed E-state index contributed by atoms with van der Waals surface area (Å²) in [4.78, 5) is 11.0. The molecule has 0 aliphatic rings. The second-order valence-electron chi connectivity index (χ2n) is 6.49. The van der Waals surface area contributed by atoms with Crippen LogP contribution in [-0.2, 0) is 31.7 Å². The summed E-state index contributed by atoms with van der Waals surface area (Å²) in [6.07, 6.45) is 0.198. The molecule has 0 aliphatic heterocycles. The van der Waals surface area contributed by atoms with Crippen LogP contribution in [0.1, 0.15) is 11.1 Å². The van der Waals surface area contributed by atoms with Crippen molar-refractivity contribution in [1.82, 2.24) is 5.06 Å². The molecule has 1 N–H and O–H groups in total. The van der Waals surface area contributed by atoms with Gasteiger partial charge >= 0.3 is 0 Å². The second kappa shape index (κ2) is 9.29. The number of carbonyl (C=O) groups is 1. The van der Waals surface area contributed by atoms with Gasteiger partial charge in [-0.1, -0.05) is 36.4 Å². The molecule has 0 spiro atoms. The van der Waals surface area contributed by atoms with Gasteiger partial charge in [0.1, 0.15) is 0 Å². The van der Waals surface area contributed by atoms with Crippen molar-refractivity contribution in [2.75, 3.05) is 12.4 Å². The molecule has 1 atom stereocenters. The van der Waals surface area contributed by atoms with Crippen LogP contribution in [0.15, 0.2) is 60.0 Å². The van der Waals surface area contributed by atoms with Crippen LogP contribution in [0.25, 0.3) is 10.1 Å². The molecular weight excluding hydrogens is 398 g/mol. The lowest BCUT2D eigenvalue weighted by atomic mass is 10.2. The van der Waals surface area contributed by atoms with E-state index in [1.165, 1.54) is 0 Å². The first-order chi connectivity index (χ1) is 13.5. The highest BCUT2D eigenvalue weighted by molar-refractivity contribution is 7.90. The minimum Gasteiger partial charge on any atom is -0.374 e. The molecule has 0 saturated carbocycles. The molecule has 0 aliphatic carbocycles. The Morgan fingerprint density at radius 2 is 1.89 bits per heavy atom. The van der Waals surface area contributed by atoms with E-state index in [1.807, 2.05) is 53.9 Å². The maximum absolute atomic E-state index is 12.6. The lowest BCUT2D eigenvalue weighted by molar-refractivity contribution is -0.163. The molecule has 0 bridgehead atoms. The SMILES string of the molecule is O=CN(O)C(COCc1ccccc1)CS(=O)(=O)Cc1ccc2sccc2c1. The van der Waals surface area contributed by atoms with Crippen molar-refractivity contribution in [1.29, 1.82) is 0 Å². The zero-order chi connectivity index (χ0) is 20.0. The van der Waals surface area contributed by atoms with Gasteiger partial charge in [-0.3, -0.25) is 10.0 Å². The van der Waals surface area contributed by atoms with Crippen LogP contribution in [0.4, 0.5) is 0 Å². The van der Waals surface area contributed by atoms with Crippen molar-refractivity contribution in [3.8, 4) is 0 Å². The lowest BCUT2D eigenvalue weighted by Crippen LogP contribution is -2.41. The minimum atomic E-state index is -3.57. The zero-order valence-electron chi connectivity index (χ0n) is 15.1. The van der Waals surface area contributed by atoms with Gasteiger partial charge in [-0.05, 0) is 40.1 Å². The fourth-order valence-electron chi connectivity index (χ4n) is 2.89. The Labute approximate surface area is 167 Å². The van der Waals surface area contributed by atoms with Crippen LogP contribution in [0.5, 0.6) is 0 Å².